The van der Waals surface area contributed by atoms with E-state index in [1.165, 1.54) is 0 Å². The third-order valence-corrected chi connectivity index (χ3v) is 2.85. The van der Waals surface area contributed by atoms with Crippen LogP contribution in [0.15, 0.2) is 22.8 Å². The molecule has 4 heteroatoms. The van der Waals surface area contributed by atoms with E-state index in [1.807, 2.05) is 26.0 Å². The van der Waals surface area contributed by atoms with Gasteiger partial charge >= 0.3 is 0 Å². The Bertz CT molecular complexity index is 344. The predicted molar refractivity (Wildman–Crippen MR) is 67.3 cm³/mol. The van der Waals surface area contributed by atoms with Crippen LogP contribution >= 0.6 is 0 Å². The first kappa shape index (κ1) is 13.8. The normalized spacial score (nSPS) is 14.4. The lowest BCUT2D eigenvalue weighted by molar-refractivity contribution is -0.137. The first-order valence-corrected chi connectivity index (χ1v) is 6.12. The maximum absolute atomic E-state index is 12.3. The Balaban J connectivity index is 2.70. The van der Waals surface area contributed by atoms with Crippen LogP contribution in [0.1, 0.15) is 39.4 Å². The van der Waals surface area contributed by atoms with Crippen molar-refractivity contribution in [1.82, 2.24) is 4.90 Å². The Labute approximate surface area is 103 Å². The van der Waals surface area contributed by atoms with E-state index in [2.05, 4.69) is 0 Å². The molecule has 17 heavy (non-hydrogen) atoms. The minimum Gasteiger partial charge on any atom is -0.467 e. The molecule has 0 fully saturated rings. The molecule has 2 N–H and O–H groups in total. The van der Waals surface area contributed by atoms with Crippen LogP contribution in [0.3, 0.4) is 0 Å². The molecule has 0 saturated carbocycles. The van der Waals surface area contributed by atoms with Crippen molar-refractivity contribution < 1.29 is 9.21 Å². The number of carbonyl (C=O) groups excluding carboxylic acids is 1. The molecule has 0 bridgehead atoms. The van der Waals surface area contributed by atoms with Gasteiger partial charge in [-0.1, -0.05) is 13.3 Å². The van der Waals surface area contributed by atoms with Gasteiger partial charge < -0.3 is 15.1 Å². The number of hydrogen-bond acceptors (Lipinski definition) is 3. The molecule has 1 unspecified atom stereocenters. The van der Waals surface area contributed by atoms with E-state index in [0.29, 0.717) is 19.5 Å². The van der Waals surface area contributed by atoms with Crippen LogP contribution in [0.4, 0.5) is 0 Å². The van der Waals surface area contributed by atoms with Crippen molar-refractivity contribution in [2.75, 3.05) is 6.54 Å². The van der Waals surface area contributed by atoms with Crippen molar-refractivity contribution in [3.05, 3.63) is 24.2 Å². The lowest BCUT2D eigenvalue weighted by Gasteiger charge is -2.30. The number of amides is 1. The zero-order valence-corrected chi connectivity index (χ0v) is 10.9. The van der Waals surface area contributed by atoms with Gasteiger partial charge in [-0.25, -0.2) is 0 Å². The van der Waals surface area contributed by atoms with Crippen LogP contribution in [0.2, 0.25) is 0 Å². The van der Waals surface area contributed by atoms with Crippen LogP contribution in [0.5, 0.6) is 0 Å². The third-order valence-electron chi connectivity index (χ3n) is 2.85. The highest BCUT2D eigenvalue weighted by Crippen LogP contribution is 2.15. The van der Waals surface area contributed by atoms with Gasteiger partial charge in [0, 0.05) is 6.54 Å². The van der Waals surface area contributed by atoms with Crippen molar-refractivity contribution in [3.63, 3.8) is 0 Å². The zero-order chi connectivity index (χ0) is 12.9. The summed E-state index contributed by atoms with van der Waals surface area (Å²) < 4.78 is 5.25. The number of nitrogens with two attached hydrogens (primary N) is 1. The predicted octanol–water partition coefficient (Wildman–Crippen LogP) is 2.15. The highest BCUT2D eigenvalue weighted by Gasteiger charge is 2.31. The summed E-state index contributed by atoms with van der Waals surface area (Å²) in [6.07, 6.45) is 3.21. The molecule has 0 radical (unpaired) electrons. The molecule has 0 saturated heterocycles. The molecular formula is C13H22N2O2. The summed E-state index contributed by atoms with van der Waals surface area (Å²) in [4.78, 5) is 14.0. The van der Waals surface area contributed by atoms with Gasteiger partial charge in [0.2, 0.25) is 5.91 Å². The molecule has 1 aromatic heterocycles. The lowest BCUT2D eigenvalue weighted by Crippen LogP contribution is -2.52. The van der Waals surface area contributed by atoms with Crippen LogP contribution in [-0.2, 0) is 11.3 Å². The zero-order valence-electron chi connectivity index (χ0n) is 10.9. The van der Waals surface area contributed by atoms with Gasteiger partial charge in [-0.3, -0.25) is 4.79 Å². The summed E-state index contributed by atoms with van der Waals surface area (Å²) in [5.74, 6) is 0.769. The molecule has 1 atom stereocenters. The summed E-state index contributed by atoms with van der Waals surface area (Å²) in [6, 6.07) is 3.69. The van der Waals surface area contributed by atoms with E-state index in [1.54, 1.807) is 18.1 Å². The SMILES string of the molecule is CCCC(C)(N)C(=O)N(CC)Cc1ccco1. The monoisotopic (exact) mass is 238 g/mol. The Morgan fingerprint density at radius 3 is 2.71 bits per heavy atom. The van der Waals surface area contributed by atoms with E-state index in [9.17, 15) is 4.79 Å². The van der Waals surface area contributed by atoms with Gasteiger partial charge in [0.25, 0.3) is 0 Å². The second kappa shape index (κ2) is 5.87. The maximum atomic E-state index is 12.3. The molecular weight excluding hydrogens is 216 g/mol. The van der Waals surface area contributed by atoms with Crippen LogP contribution in [0.25, 0.3) is 0 Å². The highest BCUT2D eigenvalue weighted by molar-refractivity contribution is 5.85. The van der Waals surface area contributed by atoms with Crippen molar-refractivity contribution in [2.45, 2.75) is 45.7 Å². The quantitative estimate of drug-likeness (QED) is 0.826. The number of hydrogen-bond donors (Lipinski definition) is 1. The molecule has 1 rings (SSSR count). The Kier molecular flexibility index (Phi) is 4.75. The molecule has 0 aromatic carbocycles. The fourth-order valence-electron chi connectivity index (χ4n) is 1.91. The molecule has 0 aliphatic carbocycles. The van der Waals surface area contributed by atoms with Crippen molar-refractivity contribution in [3.8, 4) is 0 Å². The fourth-order valence-corrected chi connectivity index (χ4v) is 1.91. The Morgan fingerprint density at radius 2 is 2.24 bits per heavy atom. The van der Waals surface area contributed by atoms with Crippen molar-refractivity contribution >= 4 is 5.91 Å². The molecule has 0 aliphatic heterocycles. The van der Waals surface area contributed by atoms with Crippen LogP contribution < -0.4 is 5.73 Å². The molecule has 1 amide bonds. The molecule has 1 aromatic rings. The fraction of sp³-hybridized carbons (Fsp3) is 0.615. The molecule has 4 nitrogen and oxygen atoms in total. The number of rotatable bonds is 6. The number of nitrogens with zero attached hydrogens (tertiary/aromatic N) is 1. The van der Waals surface area contributed by atoms with E-state index in [0.717, 1.165) is 12.2 Å². The highest BCUT2D eigenvalue weighted by atomic mass is 16.3. The first-order valence-electron chi connectivity index (χ1n) is 6.12. The van der Waals surface area contributed by atoms with Crippen LogP contribution in [-0.4, -0.2) is 22.9 Å². The van der Waals surface area contributed by atoms with Crippen molar-refractivity contribution in [2.24, 2.45) is 5.73 Å². The molecule has 0 spiro atoms. The average molecular weight is 238 g/mol. The maximum Gasteiger partial charge on any atom is 0.242 e. The largest absolute Gasteiger partial charge is 0.467 e. The first-order chi connectivity index (χ1) is 8.01. The van der Waals surface area contributed by atoms with Gasteiger partial charge in [-0.05, 0) is 32.4 Å². The van der Waals surface area contributed by atoms with E-state index >= 15 is 0 Å². The lowest BCUT2D eigenvalue weighted by atomic mass is 9.95. The van der Waals surface area contributed by atoms with Crippen LogP contribution in [0, 0.1) is 0 Å². The van der Waals surface area contributed by atoms with E-state index in [4.69, 9.17) is 10.2 Å². The summed E-state index contributed by atoms with van der Waals surface area (Å²) in [7, 11) is 0. The summed E-state index contributed by atoms with van der Waals surface area (Å²) in [5.41, 5.74) is 5.27. The Hall–Kier alpha value is -1.29. The summed E-state index contributed by atoms with van der Waals surface area (Å²) >= 11 is 0. The molecule has 0 aliphatic rings. The number of furan rings is 1. The van der Waals surface area contributed by atoms with E-state index < -0.39 is 5.54 Å². The van der Waals surface area contributed by atoms with E-state index in [-0.39, 0.29) is 5.91 Å². The van der Waals surface area contributed by atoms with Gasteiger partial charge in [-0.2, -0.15) is 0 Å². The van der Waals surface area contributed by atoms with Gasteiger partial charge in [0.05, 0.1) is 18.3 Å². The Morgan fingerprint density at radius 1 is 1.53 bits per heavy atom. The van der Waals surface area contributed by atoms with Gasteiger partial charge in [0.1, 0.15) is 5.76 Å². The molecule has 96 valence electrons. The second-order valence-electron chi connectivity index (χ2n) is 4.57. The summed E-state index contributed by atoms with van der Waals surface area (Å²) in [6.45, 7) is 6.89. The molecule has 1 heterocycles. The smallest absolute Gasteiger partial charge is 0.242 e. The summed E-state index contributed by atoms with van der Waals surface area (Å²) in [5, 5.41) is 0. The van der Waals surface area contributed by atoms with Gasteiger partial charge in [0.15, 0.2) is 0 Å². The second-order valence-corrected chi connectivity index (χ2v) is 4.57. The minimum absolute atomic E-state index is 0.0155. The standard InChI is InChI=1S/C13H22N2O2/c1-4-8-13(3,14)12(16)15(5-2)10-11-7-6-9-17-11/h6-7,9H,4-5,8,10,14H2,1-3H3. The number of carbonyl (C=O) groups is 1. The van der Waals surface area contributed by atoms with Gasteiger partial charge in [-0.15, -0.1) is 0 Å². The van der Waals surface area contributed by atoms with Crippen molar-refractivity contribution in [1.29, 1.82) is 0 Å². The minimum atomic E-state index is -0.780. The average Bonchev–Trinajstić information content (AvgIpc) is 2.77. The third kappa shape index (κ3) is 3.60. The topological polar surface area (TPSA) is 59.5 Å². The number of likely N-dealkylation sites (N-methyl/N-ethyl adjacent to an activating group) is 1.